The number of carbonyl (C=O) groups excluding carboxylic acids is 1. The first-order valence-electron chi connectivity index (χ1n) is 14.6. The first-order valence-corrected chi connectivity index (χ1v) is 14.6. The molecule has 1 amide bonds. The van der Waals surface area contributed by atoms with Gasteiger partial charge in [0.15, 0.2) is 11.5 Å². The van der Waals surface area contributed by atoms with Gasteiger partial charge in [-0.3, -0.25) is 14.7 Å². The molecule has 0 unspecified atom stereocenters. The highest BCUT2D eigenvalue weighted by atomic mass is 19.1. The molecule has 1 fully saturated rings. The standard InChI is InChI=1S/C35H27FN6O3/c1-22-8-7-11-25-18-26(42(34(43)30(22)25)29-13-6-5-12-27(29)36)19-41-33-31(28(40-41)17-16-23-14-15-23)32(37-21-38-33)39-35(44)45-20-24-9-3-2-4-10-24/h2-13,18,21,23H,14-15,19-20H2,1H3,(H,37,38,39,44). The summed E-state index contributed by atoms with van der Waals surface area (Å²) < 4.78 is 23.6. The van der Waals surface area contributed by atoms with E-state index in [1.54, 1.807) is 22.9 Å². The minimum atomic E-state index is -0.689. The van der Waals surface area contributed by atoms with Gasteiger partial charge in [-0.15, -0.1) is 0 Å². The Morgan fingerprint density at radius 2 is 1.82 bits per heavy atom. The predicted molar refractivity (Wildman–Crippen MR) is 169 cm³/mol. The molecule has 1 N–H and O–H groups in total. The molecule has 1 saturated carbocycles. The van der Waals surface area contributed by atoms with Crippen LogP contribution in [-0.4, -0.2) is 30.4 Å². The van der Waals surface area contributed by atoms with Crippen molar-refractivity contribution in [3.05, 3.63) is 124 Å². The van der Waals surface area contributed by atoms with Gasteiger partial charge in [0.1, 0.15) is 24.4 Å². The lowest BCUT2D eigenvalue weighted by Crippen LogP contribution is -2.25. The smallest absolute Gasteiger partial charge is 0.413 e. The van der Waals surface area contributed by atoms with E-state index in [-0.39, 0.29) is 36.1 Å². The summed E-state index contributed by atoms with van der Waals surface area (Å²) >= 11 is 0. The van der Waals surface area contributed by atoms with Crippen LogP contribution in [0.4, 0.5) is 15.0 Å². The molecule has 0 aliphatic heterocycles. The fourth-order valence-corrected chi connectivity index (χ4v) is 5.31. The number of hydrogen-bond acceptors (Lipinski definition) is 6. The maximum absolute atomic E-state index is 15.2. The molecule has 0 bridgehead atoms. The van der Waals surface area contributed by atoms with Crippen LogP contribution in [-0.2, 0) is 17.9 Å². The molecule has 0 saturated heterocycles. The first-order chi connectivity index (χ1) is 22.0. The van der Waals surface area contributed by atoms with Gasteiger partial charge in [0.25, 0.3) is 5.56 Å². The summed E-state index contributed by atoms with van der Waals surface area (Å²) in [5.41, 5.74) is 2.69. The van der Waals surface area contributed by atoms with Crippen LogP contribution in [0.5, 0.6) is 0 Å². The molecule has 0 atom stereocenters. The SMILES string of the molecule is Cc1cccc2cc(Cn3nc(C#CC4CC4)c4c(NC(=O)OCc5ccccc5)ncnc43)n(-c3ccccc3F)c(=O)c12. The molecule has 6 aromatic rings. The number of fused-ring (bicyclic) bond motifs is 2. The molecule has 10 heteroatoms. The quantitative estimate of drug-likeness (QED) is 0.231. The molecule has 1 aliphatic carbocycles. The number of para-hydroxylation sites is 1. The summed E-state index contributed by atoms with van der Waals surface area (Å²) in [5, 5.41) is 9.17. The number of benzene rings is 3. The number of pyridine rings is 1. The largest absolute Gasteiger partial charge is 0.444 e. The fourth-order valence-electron chi connectivity index (χ4n) is 5.31. The van der Waals surface area contributed by atoms with Gasteiger partial charge < -0.3 is 4.74 Å². The molecule has 45 heavy (non-hydrogen) atoms. The number of carbonyl (C=O) groups is 1. The van der Waals surface area contributed by atoms with Crippen molar-refractivity contribution in [2.24, 2.45) is 5.92 Å². The molecule has 222 valence electrons. The Balaban J connectivity index is 1.33. The molecule has 0 radical (unpaired) electrons. The van der Waals surface area contributed by atoms with E-state index in [0.29, 0.717) is 27.8 Å². The fraction of sp³-hybridized carbons (Fsp3) is 0.171. The maximum atomic E-state index is 15.2. The number of amides is 1. The Morgan fingerprint density at radius 3 is 2.62 bits per heavy atom. The maximum Gasteiger partial charge on any atom is 0.413 e. The van der Waals surface area contributed by atoms with Crippen molar-refractivity contribution < 1.29 is 13.9 Å². The van der Waals surface area contributed by atoms with Crippen LogP contribution in [0.3, 0.4) is 0 Å². The molecule has 9 nitrogen and oxygen atoms in total. The normalized spacial score (nSPS) is 12.6. The van der Waals surface area contributed by atoms with Crippen LogP contribution >= 0.6 is 0 Å². The van der Waals surface area contributed by atoms with Gasteiger partial charge >= 0.3 is 6.09 Å². The molecule has 3 aromatic heterocycles. The molecule has 1 aliphatic rings. The van der Waals surface area contributed by atoms with Gasteiger partial charge in [-0.1, -0.05) is 66.6 Å². The summed E-state index contributed by atoms with van der Waals surface area (Å²) in [6, 6.07) is 23.0. The van der Waals surface area contributed by atoms with Crippen molar-refractivity contribution >= 4 is 33.7 Å². The zero-order valence-electron chi connectivity index (χ0n) is 24.3. The molecule has 7 rings (SSSR count). The summed E-state index contributed by atoms with van der Waals surface area (Å²) in [7, 11) is 0. The van der Waals surface area contributed by atoms with Crippen LogP contribution in [0.25, 0.3) is 27.5 Å². The second-order valence-corrected chi connectivity index (χ2v) is 10.9. The number of halogens is 1. The molecule has 0 spiro atoms. The minimum Gasteiger partial charge on any atom is -0.444 e. The van der Waals surface area contributed by atoms with Crippen LogP contribution in [0.1, 0.15) is 35.4 Å². The topological polar surface area (TPSA) is 104 Å². The highest BCUT2D eigenvalue weighted by Crippen LogP contribution is 2.29. The summed E-state index contributed by atoms with van der Waals surface area (Å²) in [6.07, 6.45) is 2.67. The number of nitrogens with one attached hydrogen (secondary N) is 1. The number of rotatable bonds is 6. The number of aromatic nitrogens is 5. The van der Waals surface area contributed by atoms with Crippen LogP contribution in [0.15, 0.2) is 90.0 Å². The van der Waals surface area contributed by atoms with E-state index in [2.05, 4.69) is 27.1 Å². The highest BCUT2D eigenvalue weighted by Gasteiger charge is 2.22. The zero-order valence-corrected chi connectivity index (χ0v) is 24.3. The van der Waals surface area contributed by atoms with E-state index < -0.39 is 11.9 Å². The number of hydrogen-bond donors (Lipinski definition) is 1. The Morgan fingerprint density at radius 1 is 1.02 bits per heavy atom. The molecular weight excluding hydrogens is 571 g/mol. The molecule has 3 heterocycles. The molecule has 3 aromatic carbocycles. The van der Waals surface area contributed by atoms with E-state index in [9.17, 15) is 9.59 Å². The minimum absolute atomic E-state index is 0.0595. The van der Waals surface area contributed by atoms with Crippen LogP contribution in [0.2, 0.25) is 0 Å². The lowest BCUT2D eigenvalue weighted by Gasteiger charge is -2.16. The number of nitrogens with zero attached hydrogens (tertiary/aromatic N) is 5. The zero-order chi connectivity index (χ0) is 30.9. The number of aryl methyl sites for hydroxylation is 1. The molecular formula is C35H27FN6O3. The third-order valence-electron chi connectivity index (χ3n) is 7.67. The first kappa shape index (κ1) is 28.0. The van der Waals surface area contributed by atoms with E-state index >= 15 is 4.39 Å². The van der Waals surface area contributed by atoms with E-state index in [1.807, 2.05) is 61.5 Å². The highest BCUT2D eigenvalue weighted by molar-refractivity contribution is 5.98. The van der Waals surface area contributed by atoms with Crippen molar-refractivity contribution in [1.29, 1.82) is 0 Å². The lowest BCUT2D eigenvalue weighted by atomic mass is 10.1. The number of anilines is 1. The van der Waals surface area contributed by atoms with Gasteiger partial charge in [0.2, 0.25) is 0 Å². The predicted octanol–water partition coefficient (Wildman–Crippen LogP) is 6.14. The van der Waals surface area contributed by atoms with Gasteiger partial charge in [0, 0.05) is 11.6 Å². The lowest BCUT2D eigenvalue weighted by molar-refractivity contribution is 0.155. The monoisotopic (exact) mass is 598 g/mol. The second-order valence-electron chi connectivity index (χ2n) is 10.9. The van der Waals surface area contributed by atoms with Gasteiger partial charge in [-0.2, -0.15) is 5.10 Å². The van der Waals surface area contributed by atoms with E-state index in [0.717, 1.165) is 29.4 Å². The van der Waals surface area contributed by atoms with Crippen molar-refractivity contribution in [3.8, 4) is 17.5 Å². The average Bonchev–Trinajstić information content (AvgIpc) is 3.81. The summed E-state index contributed by atoms with van der Waals surface area (Å²) in [6.45, 7) is 2.00. The summed E-state index contributed by atoms with van der Waals surface area (Å²) in [5.74, 6) is 6.33. The Labute approximate surface area is 257 Å². The average molecular weight is 599 g/mol. The van der Waals surface area contributed by atoms with E-state index in [4.69, 9.17) is 9.84 Å². The van der Waals surface area contributed by atoms with Crippen LogP contribution in [0, 0.1) is 30.5 Å². The second kappa shape index (κ2) is 11.7. The Bertz CT molecular complexity index is 2210. The number of ether oxygens (including phenoxy) is 1. The Hall–Kier alpha value is -5.82. The van der Waals surface area contributed by atoms with Gasteiger partial charge in [0.05, 0.1) is 23.0 Å². The Kier molecular flexibility index (Phi) is 7.27. The third-order valence-corrected chi connectivity index (χ3v) is 7.67. The van der Waals surface area contributed by atoms with Crippen molar-refractivity contribution in [2.75, 3.05) is 5.32 Å². The van der Waals surface area contributed by atoms with Crippen LogP contribution < -0.4 is 10.9 Å². The van der Waals surface area contributed by atoms with Gasteiger partial charge in [-0.05, 0) is 60.4 Å². The third kappa shape index (κ3) is 5.63. The summed E-state index contributed by atoms with van der Waals surface area (Å²) in [4.78, 5) is 35.6. The van der Waals surface area contributed by atoms with Gasteiger partial charge in [-0.25, -0.2) is 23.8 Å². The van der Waals surface area contributed by atoms with E-state index in [1.165, 1.54) is 17.0 Å². The van der Waals surface area contributed by atoms with Crippen molar-refractivity contribution in [1.82, 2.24) is 24.3 Å². The van der Waals surface area contributed by atoms with Crippen molar-refractivity contribution in [2.45, 2.75) is 32.9 Å². The van der Waals surface area contributed by atoms with Crippen molar-refractivity contribution in [3.63, 3.8) is 0 Å².